The Morgan fingerprint density at radius 2 is 1.75 bits per heavy atom. The molecule has 0 amide bonds. The van der Waals surface area contributed by atoms with Gasteiger partial charge in [-0.25, -0.2) is 9.35 Å². The van der Waals surface area contributed by atoms with Gasteiger partial charge in [0.1, 0.15) is 11.0 Å². The minimum absolute atomic E-state index is 0.701. The van der Waals surface area contributed by atoms with Gasteiger partial charge >= 0.3 is 0 Å². The molecule has 2 aromatic carbocycles. The van der Waals surface area contributed by atoms with Crippen LogP contribution in [0.2, 0.25) is 0 Å². The molecule has 0 aromatic heterocycles. The van der Waals surface area contributed by atoms with E-state index in [1.54, 1.807) is 0 Å². The molecule has 0 spiro atoms. The Balaban J connectivity index is 2.18. The molecule has 1 atom stereocenters. The molecule has 0 fully saturated rings. The van der Waals surface area contributed by atoms with Crippen molar-refractivity contribution in [1.29, 1.82) is 0 Å². The second-order valence-electron chi connectivity index (χ2n) is 3.95. The van der Waals surface area contributed by atoms with Gasteiger partial charge in [0.05, 0.1) is 4.90 Å². The van der Waals surface area contributed by atoms with Crippen molar-refractivity contribution < 1.29 is 4.21 Å². The van der Waals surface area contributed by atoms with E-state index in [-0.39, 0.29) is 0 Å². The first-order valence-electron chi connectivity index (χ1n) is 5.13. The van der Waals surface area contributed by atoms with Crippen molar-refractivity contribution in [3.63, 3.8) is 0 Å². The van der Waals surface area contributed by atoms with Crippen molar-refractivity contribution in [3.05, 3.63) is 53.6 Å². The monoisotopic (exact) mass is 229 g/mol. The van der Waals surface area contributed by atoms with Gasteiger partial charge in [-0.3, -0.25) is 0 Å². The molecule has 0 saturated carbocycles. The summed E-state index contributed by atoms with van der Waals surface area (Å²) in [5.74, 6) is 0. The summed E-state index contributed by atoms with van der Waals surface area (Å²) in [7, 11) is -1.39. The lowest BCUT2D eigenvalue weighted by Gasteiger charge is -2.02. The molecule has 3 rings (SSSR count). The van der Waals surface area contributed by atoms with Crippen molar-refractivity contribution in [2.45, 2.75) is 11.3 Å². The van der Waals surface area contributed by atoms with Crippen molar-refractivity contribution in [3.8, 4) is 11.1 Å². The lowest BCUT2D eigenvalue weighted by atomic mass is 10.1. The summed E-state index contributed by atoms with van der Waals surface area (Å²) in [5, 5.41) is 5.39. The number of hydrogen-bond acceptors (Lipinski definition) is 1. The van der Waals surface area contributed by atoms with Gasteiger partial charge < -0.3 is 0 Å². The highest BCUT2D eigenvalue weighted by Crippen LogP contribution is 2.36. The summed E-state index contributed by atoms with van der Waals surface area (Å²) in [6.45, 7) is 0. The molecule has 80 valence electrons. The van der Waals surface area contributed by atoms with Gasteiger partial charge in [-0.05, 0) is 40.8 Å². The normalized spacial score (nSPS) is 14.3. The summed E-state index contributed by atoms with van der Waals surface area (Å²) in [6.07, 6.45) is 0.913. The number of benzene rings is 2. The van der Waals surface area contributed by atoms with Gasteiger partial charge in [0.15, 0.2) is 0 Å². The molecule has 1 aliphatic carbocycles. The molecule has 2 N–H and O–H groups in total. The van der Waals surface area contributed by atoms with Gasteiger partial charge in [-0.1, -0.05) is 30.3 Å². The molecule has 0 bridgehead atoms. The Kier molecular flexibility index (Phi) is 2.16. The highest BCUT2D eigenvalue weighted by atomic mass is 32.2. The third-order valence-electron chi connectivity index (χ3n) is 3.00. The van der Waals surface area contributed by atoms with Gasteiger partial charge in [0.2, 0.25) is 0 Å². The number of rotatable bonds is 1. The fourth-order valence-corrected chi connectivity index (χ4v) is 2.71. The van der Waals surface area contributed by atoms with Crippen LogP contribution < -0.4 is 5.14 Å². The van der Waals surface area contributed by atoms with Crippen LogP contribution in [0.5, 0.6) is 0 Å². The van der Waals surface area contributed by atoms with Gasteiger partial charge in [-0.2, -0.15) is 0 Å². The van der Waals surface area contributed by atoms with Crippen LogP contribution >= 0.6 is 0 Å². The average Bonchev–Trinajstić information content (AvgIpc) is 2.66. The molecule has 1 unspecified atom stereocenters. The van der Waals surface area contributed by atoms with Crippen LogP contribution in [-0.4, -0.2) is 4.21 Å². The van der Waals surface area contributed by atoms with Crippen molar-refractivity contribution in [2.24, 2.45) is 5.14 Å². The zero-order valence-electron chi connectivity index (χ0n) is 8.64. The van der Waals surface area contributed by atoms with E-state index in [0.717, 1.165) is 6.42 Å². The Labute approximate surface area is 96.7 Å². The minimum Gasteiger partial charge on any atom is -0.248 e. The molecule has 0 aliphatic heterocycles. The summed E-state index contributed by atoms with van der Waals surface area (Å²) < 4.78 is 11.2. The molecule has 0 radical (unpaired) electrons. The van der Waals surface area contributed by atoms with Crippen LogP contribution in [0, 0.1) is 0 Å². The third-order valence-corrected chi connectivity index (χ3v) is 3.72. The van der Waals surface area contributed by atoms with Crippen LogP contribution in [-0.2, 0) is 17.4 Å². The van der Waals surface area contributed by atoms with Gasteiger partial charge in [0, 0.05) is 0 Å². The fraction of sp³-hybridized carbons (Fsp3) is 0.0769. The van der Waals surface area contributed by atoms with Crippen LogP contribution in [0.15, 0.2) is 47.4 Å². The fourth-order valence-electron chi connectivity index (χ4n) is 2.25. The summed E-state index contributed by atoms with van der Waals surface area (Å²) >= 11 is 0. The van der Waals surface area contributed by atoms with E-state index in [2.05, 4.69) is 12.1 Å². The zero-order valence-corrected chi connectivity index (χ0v) is 9.46. The first kappa shape index (κ1) is 9.75. The molecular formula is C13H11NOS. The van der Waals surface area contributed by atoms with E-state index in [1.165, 1.54) is 22.3 Å². The SMILES string of the molecule is NS(=O)c1ccc2c(c1)Cc1ccccc1-2. The molecule has 1 aliphatic rings. The summed E-state index contributed by atoms with van der Waals surface area (Å²) in [5.41, 5.74) is 5.08. The Bertz CT molecular complexity index is 592. The molecular weight excluding hydrogens is 218 g/mol. The number of fused-ring (bicyclic) bond motifs is 3. The maximum Gasteiger partial charge on any atom is 0.122 e. The second kappa shape index (κ2) is 3.54. The summed E-state index contributed by atoms with van der Waals surface area (Å²) in [6, 6.07) is 14.2. The quantitative estimate of drug-likeness (QED) is 0.683. The van der Waals surface area contributed by atoms with E-state index >= 15 is 0 Å². The van der Waals surface area contributed by atoms with Gasteiger partial charge in [0.25, 0.3) is 0 Å². The molecule has 2 nitrogen and oxygen atoms in total. The Morgan fingerprint density at radius 1 is 1.00 bits per heavy atom. The smallest absolute Gasteiger partial charge is 0.122 e. The van der Waals surface area contributed by atoms with E-state index in [9.17, 15) is 4.21 Å². The van der Waals surface area contributed by atoms with Crippen LogP contribution in [0.1, 0.15) is 11.1 Å². The second-order valence-corrected chi connectivity index (χ2v) is 5.02. The molecule has 16 heavy (non-hydrogen) atoms. The molecule has 0 heterocycles. The number of nitrogens with two attached hydrogens (primary N) is 1. The zero-order chi connectivity index (χ0) is 11.1. The lowest BCUT2D eigenvalue weighted by Crippen LogP contribution is -2.02. The Morgan fingerprint density at radius 3 is 2.56 bits per heavy atom. The molecule has 2 aromatic rings. The highest BCUT2D eigenvalue weighted by molar-refractivity contribution is 7.82. The van der Waals surface area contributed by atoms with Crippen molar-refractivity contribution in [2.75, 3.05) is 0 Å². The van der Waals surface area contributed by atoms with Crippen molar-refractivity contribution >= 4 is 11.0 Å². The maximum atomic E-state index is 11.2. The first-order valence-corrected chi connectivity index (χ1v) is 6.34. The van der Waals surface area contributed by atoms with E-state index in [0.29, 0.717) is 4.90 Å². The standard InChI is InChI=1S/C13H11NOS/c14-16(15)11-5-6-13-10(8-11)7-9-3-1-2-4-12(9)13/h1-6,8H,7,14H2. The topological polar surface area (TPSA) is 43.1 Å². The van der Waals surface area contributed by atoms with E-state index in [4.69, 9.17) is 5.14 Å². The first-order chi connectivity index (χ1) is 7.75. The van der Waals surface area contributed by atoms with E-state index < -0.39 is 11.0 Å². The maximum absolute atomic E-state index is 11.2. The Hall–Kier alpha value is -1.45. The average molecular weight is 229 g/mol. The van der Waals surface area contributed by atoms with Gasteiger partial charge in [-0.15, -0.1) is 0 Å². The van der Waals surface area contributed by atoms with Crippen LogP contribution in [0.3, 0.4) is 0 Å². The van der Waals surface area contributed by atoms with Crippen LogP contribution in [0.25, 0.3) is 11.1 Å². The highest BCUT2D eigenvalue weighted by Gasteiger charge is 2.18. The molecule has 0 saturated heterocycles. The minimum atomic E-state index is -1.39. The third kappa shape index (κ3) is 1.40. The van der Waals surface area contributed by atoms with Crippen LogP contribution in [0.4, 0.5) is 0 Å². The lowest BCUT2D eigenvalue weighted by molar-refractivity contribution is 0.684. The largest absolute Gasteiger partial charge is 0.248 e. The van der Waals surface area contributed by atoms with E-state index in [1.807, 2.05) is 30.3 Å². The predicted octanol–water partition coefficient (Wildman–Crippen LogP) is 2.24. The molecule has 3 heteroatoms. The van der Waals surface area contributed by atoms with Crippen molar-refractivity contribution in [1.82, 2.24) is 0 Å². The summed E-state index contributed by atoms with van der Waals surface area (Å²) in [4.78, 5) is 0.701. The number of hydrogen-bond donors (Lipinski definition) is 1. The predicted molar refractivity (Wildman–Crippen MR) is 65.3 cm³/mol.